The molecule has 1 aromatic heterocycles. The molecule has 0 bridgehead atoms. The second-order valence-corrected chi connectivity index (χ2v) is 5.95. The van der Waals surface area contributed by atoms with Crippen molar-refractivity contribution in [1.82, 2.24) is 15.2 Å². The minimum Gasteiger partial charge on any atom is -0.497 e. The van der Waals surface area contributed by atoms with E-state index in [1.807, 2.05) is 0 Å². The van der Waals surface area contributed by atoms with Crippen LogP contribution in [0.15, 0.2) is 29.4 Å². The number of hydrogen-bond acceptors (Lipinski definition) is 6. The van der Waals surface area contributed by atoms with Crippen LogP contribution in [0, 0.1) is 6.92 Å². The highest BCUT2D eigenvalue weighted by molar-refractivity contribution is 8.00. The molecule has 1 aromatic carbocycles. The fourth-order valence-corrected chi connectivity index (χ4v) is 3.18. The number of methoxy groups -OCH3 is 1. The molecule has 8 heteroatoms. The number of nitrogens with one attached hydrogen (secondary N) is 1. The molecular formula is C14H14N4O3S. The van der Waals surface area contributed by atoms with E-state index in [4.69, 9.17) is 4.74 Å². The van der Waals surface area contributed by atoms with Crippen molar-refractivity contribution in [3.05, 3.63) is 30.1 Å². The van der Waals surface area contributed by atoms with Gasteiger partial charge in [0.05, 0.1) is 12.8 Å². The number of benzene rings is 1. The predicted octanol–water partition coefficient (Wildman–Crippen LogP) is 1.55. The van der Waals surface area contributed by atoms with Crippen LogP contribution in [-0.4, -0.2) is 39.4 Å². The van der Waals surface area contributed by atoms with E-state index >= 15 is 0 Å². The van der Waals surface area contributed by atoms with Gasteiger partial charge in [-0.15, -0.1) is 5.10 Å². The number of carbonyl (C=O) groups is 2. The summed E-state index contributed by atoms with van der Waals surface area (Å²) in [5, 5.41) is 6.68. The molecule has 0 aliphatic carbocycles. The van der Waals surface area contributed by atoms with Crippen LogP contribution >= 0.6 is 11.8 Å². The summed E-state index contributed by atoms with van der Waals surface area (Å²) in [7, 11) is 1.56. The first kappa shape index (κ1) is 14.6. The summed E-state index contributed by atoms with van der Waals surface area (Å²) in [6, 6.07) is 6.82. The van der Waals surface area contributed by atoms with E-state index in [0.717, 1.165) is 0 Å². The lowest BCUT2D eigenvalue weighted by Gasteiger charge is -2.14. The van der Waals surface area contributed by atoms with Crippen LogP contribution in [0.25, 0.3) is 0 Å². The van der Waals surface area contributed by atoms with Gasteiger partial charge in [-0.05, 0) is 31.2 Å². The lowest BCUT2D eigenvalue weighted by atomic mass is 10.3. The van der Waals surface area contributed by atoms with E-state index in [1.54, 1.807) is 38.3 Å². The van der Waals surface area contributed by atoms with Crippen molar-refractivity contribution >= 4 is 29.3 Å². The second kappa shape index (κ2) is 5.80. The maximum absolute atomic E-state index is 12.5. The Morgan fingerprint density at radius 1 is 1.32 bits per heavy atom. The topological polar surface area (TPSA) is 88.2 Å². The quantitative estimate of drug-likeness (QED) is 0.860. The summed E-state index contributed by atoms with van der Waals surface area (Å²) < 4.78 is 5.08. The number of imide groups is 1. The Labute approximate surface area is 131 Å². The van der Waals surface area contributed by atoms with E-state index < -0.39 is 5.25 Å². The number of aromatic nitrogens is 3. The third-order valence-electron chi connectivity index (χ3n) is 3.26. The first-order chi connectivity index (χ1) is 10.6. The molecular weight excluding hydrogens is 304 g/mol. The van der Waals surface area contributed by atoms with Gasteiger partial charge >= 0.3 is 0 Å². The number of hydrogen-bond donors (Lipinski definition) is 1. The zero-order valence-corrected chi connectivity index (χ0v) is 12.9. The lowest BCUT2D eigenvalue weighted by Crippen LogP contribution is -2.31. The number of amides is 2. The van der Waals surface area contributed by atoms with Crippen molar-refractivity contribution in [3.8, 4) is 5.75 Å². The normalized spacial score (nSPS) is 18.1. The van der Waals surface area contributed by atoms with Crippen molar-refractivity contribution in [3.63, 3.8) is 0 Å². The van der Waals surface area contributed by atoms with Gasteiger partial charge in [-0.1, -0.05) is 11.8 Å². The van der Waals surface area contributed by atoms with Gasteiger partial charge in [-0.25, -0.2) is 9.88 Å². The number of carbonyl (C=O) groups excluding carboxylic acids is 2. The maximum atomic E-state index is 12.5. The van der Waals surface area contributed by atoms with Crippen LogP contribution in [0.5, 0.6) is 5.75 Å². The Morgan fingerprint density at radius 3 is 2.64 bits per heavy atom. The number of thioether (sulfide) groups is 1. The largest absolute Gasteiger partial charge is 0.497 e. The number of anilines is 1. The zero-order chi connectivity index (χ0) is 15.7. The molecule has 0 unspecified atom stereocenters. The molecule has 1 N–H and O–H groups in total. The Hall–Kier alpha value is -2.35. The van der Waals surface area contributed by atoms with Crippen molar-refractivity contribution < 1.29 is 14.3 Å². The smallest absolute Gasteiger partial charge is 0.247 e. The van der Waals surface area contributed by atoms with Crippen LogP contribution in [0.4, 0.5) is 5.69 Å². The number of aryl methyl sites for hydroxylation is 1. The first-order valence-electron chi connectivity index (χ1n) is 6.65. The Bertz CT molecular complexity index is 713. The molecule has 1 aliphatic heterocycles. The SMILES string of the molecule is COc1ccc(N2C(=O)C[C@H](Sc3n[nH]c(C)n3)C2=O)cc1. The van der Waals surface area contributed by atoms with E-state index in [1.165, 1.54) is 16.7 Å². The van der Waals surface area contributed by atoms with E-state index in [-0.39, 0.29) is 18.2 Å². The van der Waals surface area contributed by atoms with Crippen LogP contribution in [0.3, 0.4) is 0 Å². The third-order valence-corrected chi connectivity index (χ3v) is 4.31. The number of H-pyrrole nitrogens is 1. The number of aromatic amines is 1. The van der Waals surface area contributed by atoms with Crippen molar-refractivity contribution in [2.45, 2.75) is 23.8 Å². The molecule has 22 heavy (non-hydrogen) atoms. The zero-order valence-electron chi connectivity index (χ0n) is 12.1. The molecule has 1 atom stereocenters. The highest BCUT2D eigenvalue weighted by atomic mass is 32.2. The van der Waals surface area contributed by atoms with Gasteiger partial charge in [0, 0.05) is 6.42 Å². The summed E-state index contributed by atoms with van der Waals surface area (Å²) >= 11 is 1.20. The number of nitrogens with zero attached hydrogens (tertiary/aromatic N) is 3. The average Bonchev–Trinajstić information content (AvgIpc) is 3.03. The lowest BCUT2D eigenvalue weighted by molar-refractivity contribution is -0.121. The summed E-state index contributed by atoms with van der Waals surface area (Å²) in [5.74, 6) is 0.874. The van der Waals surface area contributed by atoms with E-state index in [2.05, 4.69) is 15.2 Å². The molecule has 2 heterocycles. The van der Waals surface area contributed by atoms with Gasteiger partial charge in [0.25, 0.3) is 0 Å². The first-order valence-corrected chi connectivity index (χ1v) is 7.53. The molecule has 2 aromatic rings. The molecule has 114 valence electrons. The minimum absolute atomic E-state index is 0.142. The van der Waals surface area contributed by atoms with Crippen LogP contribution < -0.4 is 9.64 Å². The number of rotatable bonds is 4. The minimum atomic E-state index is -0.496. The van der Waals surface area contributed by atoms with Gasteiger partial charge < -0.3 is 4.74 Å². The summed E-state index contributed by atoms with van der Waals surface area (Å²) in [4.78, 5) is 30.0. The standard InChI is InChI=1S/C14H14N4O3S/c1-8-15-14(17-16-8)22-11-7-12(19)18(13(11)20)9-3-5-10(21-2)6-4-9/h3-6,11H,7H2,1-2H3,(H,15,16,17)/t11-/m0/s1. The molecule has 0 spiro atoms. The number of ether oxygens (including phenoxy) is 1. The van der Waals surface area contributed by atoms with E-state index in [9.17, 15) is 9.59 Å². The molecule has 7 nitrogen and oxygen atoms in total. The highest BCUT2D eigenvalue weighted by Gasteiger charge is 2.40. The van der Waals surface area contributed by atoms with E-state index in [0.29, 0.717) is 22.4 Å². The van der Waals surface area contributed by atoms with Gasteiger partial charge in [0.15, 0.2) is 0 Å². The monoisotopic (exact) mass is 318 g/mol. The van der Waals surface area contributed by atoms with Crippen LogP contribution in [-0.2, 0) is 9.59 Å². The fraction of sp³-hybridized carbons (Fsp3) is 0.286. The summed E-state index contributed by atoms with van der Waals surface area (Å²) in [6.07, 6.45) is 0.142. The van der Waals surface area contributed by atoms with Crippen molar-refractivity contribution in [2.24, 2.45) is 0 Å². The van der Waals surface area contributed by atoms with Gasteiger partial charge in [0.2, 0.25) is 17.0 Å². The molecule has 3 rings (SSSR count). The van der Waals surface area contributed by atoms with Gasteiger partial charge in [0.1, 0.15) is 16.8 Å². The Morgan fingerprint density at radius 2 is 2.05 bits per heavy atom. The molecule has 1 aliphatic rings. The Kier molecular flexibility index (Phi) is 3.84. The van der Waals surface area contributed by atoms with Crippen LogP contribution in [0.1, 0.15) is 12.2 Å². The maximum Gasteiger partial charge on any atom is 0.247 e. The molecule has 2 amide bonds. The fourth-order valence-electron chi connectivity index (χ4n) is 2.20. The van der Waals surface area contributed by atoms with Crippen molar-refractivity contribution in [1.29, 1.82) is 0 Å². The summed E-state index contributed by atoms with van der Waals surface area (Å²) in [5.41, 5.74) is 0.546. The van der Waals surface area contributed by atoms with Gasteiger partial charge in [-0.2, -0.15) is 0 Å². The molecule has 1 saturated heterocycles. The molecule has 0 radical (unpaired) electrons. The van der Waals surface area contributed by atoms with Crippen LogP contribution in [0.2, 0.25) is 0 Å². The van der Waals surface area contributed by atoms with Gasteiger partial charge in [-0.3, -0.25) is 14.7 Å². The average molecular weight is 318 g/mol. The predicted molar refractivity (Wildman–Crippen MR) is 80.9 cm³/mol. The molecule has 1 fully saturated rings. The second-order valence-electron chi connectivity index (χ2n) is 4.78. The Balaban J connectivity index is 1.78. The summed E-state index contributed by atoms with van der Waals surface area (Å²) in [6.45, 7) is 1.78. The molecule has 0 saturated carbocycles. The highest BCUT2D eigenvalue weighted by Crippen LogP contribution is 2.32. The third kappa shape index (κ3) is 2.69. The van der Waals surface area contributed by atoms with Crippen molar-refractivity contribution in [2.75, 3.05) is 12.0 Å².